The van der Waals surface area contributed by atoms with Gasteiger partial charge in [0.1, 0.15) is 17.6 Å². The normalized spacial score (nSPS) is 16.3. The van der Waals surface area contributed by atoms with E-state index in [4.69, 9.17) is 9.47 Å². The highest BCUT2D eigenvalue weighted by Gasteiger charge is 2.29. The second kappa shape index (κ2) is 10.5. The molecule has 1 unspecified atom stereocenters. The number of fused-ring (bicyclic) bond motifs is 2. The van der Waals surface area contributed by atoms with Crippen LogP contribution < -0.4 is 9.47 Å². The standard InChI is InChI=1S/C31H36O2S2/c1-19-21(3)31(32-15-7-16-34-5)22(4)20(2)30(19)27-9-6-8-26-25(27)12-13-28(26)33-24-11-10-23-14-17-35-29(23)18-24/h6,8-11,18,28H,7,12-17H2,1-5H3. The summed E-state index contributed by atoms with van der Waals surface area (Å²) in [7, 11) is 0. The molecule has 0 radical (unpaired) electrons. The van der Waals surface area contributed by atoms with Crippen molar-refractivity contribution in [1.82, 2.24) is 0 Å². The fourth-order valence-corrected chi connectivity index (χ4v) is 7.14. The maximum atomic E-state index is 6.57. The van der Waals surface area contributed by atoms with Crippen molar-refractivity contribution in [2.75, 3.05) is 24.4 Å². The highest BCUT2D eigenvalue weighted by molar-refractivity contribution is 7.99. The summed E-state index contributed by atoms with van der Waals surface area (Å²) in [6, 6.07) is 13.4. The zero-order valence-corrected chi connectivity index (χ0v) is 23.3. The smallest absolute Gasteiger partial charge is 0.125 e. The predicted octanol–water partition coefficient (Wildman–Crippen LogP) is 8.43. The van der Waals surface area contributed by atoms with E-state index in [0.29, 0.717) is 0 Å². The molecule has 0 saturated heterocycles. The van der Waals surface area contributed by atoms with Crippen LogP contribution in [0.1, 0.15) is 57.9 Å². The lowest BCUT2D eigenvalue weighted by molar-refractivity contribution is 0.207. The van der Waals surface area contributed by atoms with Gasteiger partial charge in [-0.1, -0.05) is 24.3 Å². The second-order valence-corrected chi connectivity index (χ2v) is 11.9. The van der Waals surface area contributed by atoms with Gasteiger partial charge in [-0.3, -0.25) is 0 Å². The van der Waals surface area contributed by atoms with Crippen LogP contribution in [-0.4, -0.2) is 24.4 Å². The molecule has 184 valence electrons. The van der Waals surface area contributed by atoms with Crippen LogP contribution in [0.2, 0.25) is 0 Å². The van der Waals surface area contributed by atoms with E-state index < -0.39 is 0 Å². The van der Waals surface area contributed by atoms with Crippen molar-refractivity contribution in [3.8, 4) is 22.6 Å². The maximum Gasteiger partial charge on any atom is 0.125 e. The molecule has 1 aliphatic carbocycles. The number of hydrogen-bond donors (Lipinski definition) is 0. The molecule has 2 nitrogen and oxygen atoms in total. The van der Waals surface area contributed by atoms with Crippen molar-refractivity contribution >= 4 is 23.5 Å². The van der Waals surface area contributed by atoms with Crippen LogP contribution in [0.3, 0.4) is 0 Å². The Morgan fingerprint density at radius 3 is 2.54 bits per heavy atom. The Bertz CT molecular complexity index is 1220. The molecular weight excluding hydrogens is 468 g/mol. The van der Waals surface area contributed by atoms with Gasteiger partial charge in [0.05, 0.1) is 6.61 Å². The van der Waals surface area contributed by atoms with E-state index in [0.717, 1.165) is 43.1 Å². The number of rotatable bonds is 8. The fraction of sp³-hybridized carbons (Fsp3) is 0.419. The first-order chi connectivity index (χ1) is 17.0. The summed E-state index contributed by atoms with van der Waals surface area (Å²) in [4.78, 5) is 1.39. The lowest BCUT2D eigenvalue weighted by Gasteiger charge is -2.23. The first kappa shape index (κ1) is 24.6. The van der Waals surface area contributed by atoms with E-state index in [9.17, 15) is 0 Å². The third-order valence-corrected chi connectivity index (χ3v) is 9.52. The molecule has 5 rings (SSSR count). The van der Waals surface area contributed by atoms with E-state index in [1.54, 1.807) is 0 Å². The zero-order valence-electron chi connectivity index (χ0n) is 21.6. The monoisotopic (exact) mass is 504 g/mol. The maximum absolute atomic E-state index is 6.57. The van der Waals surface area contributed by atoms with Crippen LogP contribution in [0.25, 0.3) is 11.1 Å². The molecular formula is C31H36O2S2. The molecule has 0 N–H and O–H groups in total. The topological polar surface area (TPSA) is 18.5 Å². The van der Waals surface area contributed by atoms with Crippen LogP contribution in [0.15, 0.2) is 41.3 Å². The number of hydrogen-bond acceptors (Lipinski definition) is 4. The molecule has 1 aliphatic heterocycles. The van der Waals surface area contributed by atoms with Crippen LogP contribution in [0.5, 0.6) is 11.5 Å². The molecule has 35 heavy (non-hydrogen) atoms. The van der Waals surface area contributed by atoms with Gasteiger partial charge in [-0.25, -0.2) is 0 Å². The van der Waals surface area contributed by atoms with Crippen molar-refractivity contribution in [2.24, 2.45) is 0 Å². The van der Waals surface area contributed by atoms with E-state index in [1.165, 1.54) is 67.1 Å². The lowest BCUT2D eigenvalue weighted by atomic mass is 9.86. The van der Waals surface area contributed by atoms with Gasteiger partial charge in [0.2, 0.25) is 0 Å². The van der Waals surface area contributed by atoms with Gasteiger partial charge in [-0.15, -0.1) is 11.8 Å². The number of thioether (sulfide) groups is 2. The Morgan fingerprint density at radius 1 is 0.971 bits per heavy atom. The Hall–Kier alpha value is -2.04. The second-order valence-electron chi connectivity index (χ2n) is 9.79. The van der Waals surface area contributed by atoms with Crippen LogP contribution >= 0.6 is 23.5 Å². The number of aryl methyl sites for hydroxylation is 1. The molecule has 1 heterocycles. The van der Waals surface area contributed by atoms with Crippen molar-refractivity contribution in [2.45, 2.75) is 64.4 Å². The third kappa shape index (κ3) is 4.72. The first-order valence-electron chi connectivity index (χ1n) is 12.8. The molecule has 3 aromatic carbocycles. The SMILES string of the molecule is CSCCCOc1c(C)c(C)c(-c2cccc3c2CCC3Oc2ccc3c(c2)SCC3)c(C)c1C. The highest BCUT2D eigenvalue weighted by Crippen LogP contribution is 2.45. The minimum atomic E-state index is 0.122. The summed E-state index contributed by atoms with van der Waals surface area (Å²) in [6.45, 7) is 9.74. The summed E-state index contributed by atoms with van der Waals surface area (Å²) in [5, 5.41) is 0. The predicted molar refractivity (Wildman–Crippen MR) is 152 cm³/mol. The quantitative estimate of drug-likeness (QED) is 0.286. The Labute approximate surface area is 219 Å². The fourth-order valence-electron chi connectivity index (χ4n) is 5.63. The van der Waals surface area contributed by atoms with E-state index in [1.807, 2.05) is 23.5 Å². The van der Waals surface area contributed by atoms with Crippen molar-refractivity contribution in [3.05, 3.63) is 75.3 Å². The summed E-state index contributed by atoms with van der Waals surface area (Å²) >= 11 is 3.82. The van der Waals surface area contributed by atoms with Crippen molar-refractivity contribution in [3.63, 3.8) is 0 Å². The molecule has 0 amide bonds. The highest BCUT2D eigenvalue weighted by atomic mass is 32.2. The largest absolute Gasteiger partial charge is 0.493 e. The molecule has 0 saturated carbocycles. The van der Waals surface area contributed by atoms with Gasteiger partial charge in [0, 0.05) is 10.6 Å². The lowest BCUT2D eigenvalue weighted by Crippen LogP contribution is -2.06. The van der Waals surface area contributed by atoms with Crippen LogP contribution in [0.4, 0.5) is 0 Å². The Morgan fingerprint density at radius 2 is 1.77 bits per heavy atom. The molecule has 1 atom stereocenters. The minimum Gasteiger partial charge on any atom is -0.493 e. The molecule has 2 aliphatic rings. The summed E-state index contributed by atoms with van der Waals surface area (Å²) in [6.07, 6.45) is 6.61. The van der Waals surface area contributed by atoms with Crippen LogP contribution in [0, 0.1) is 27.7 Å². The average molecular weight is 505 g/mol. The molecule has 0 spiro atoms. The summed E-state index contributed by atoms with van der Waals surface area (Å²) in [5.74, 6) is 4.40. The van der Waals surface area contributed by atoms with Gasteiger partial charge in [0.25, 0.3) is 0 Å². The van der Waals surface area contributed by atoms with E-state index in [-0.39, 0.29) is 6.10 Å². The number of ether oxygens (including phenoxy) is 2. The average Bonchev–Trinajstić information content (AvgIpc) is 3.50. The molecule has 0 aromatic heterocycles. The van der Waals surface area contributed by atoms with E-state index >= 15 is 0 Å². The van der Waals surface area contributed by atoms with Crippen molar-refractivity contribution < 1.29 is 9.47 Å². The summed E-state index contributed by atoms with van der Waals surface area (Å²) in [5.41, 5.74) is 12.2. The van der Waals surface area contributed by atoms with Gasteiger partial charge in [0.15, 0.2) is 0 Å². The molecule has 0 fully saturated rings. The van der Waals surface area contributed by atoms with Gasteiger partial charge in [-0.05, 0) is 128 Å². The van der Waals surface area contributed by atoms with Gasteiger partial charge in [-0.2, -0.15) is 11.8 Å². The van der Waals surface area contributed by atoms with Crippen molar-refractivity contribution in [1.29, 1.82) is 0 Å². The minimum absolute atomic E-state index is 0.122. The molecule has 4 heteroatoms. The van der Waals surface area contributed by atoms with Gasteiger partial charge < -0.3 is 9.47 Å². The first-order valence-corrected chi connectivity index (χ1v) is 15.1. The number of benzene rings is 3. The zero-order chi connectivity index (χ0) is 24.5. The summed E-state index contributed by atoms with van der Waals surface area (Å²) < 4.78 is 12.9. The third-order valence-electron chi connectivity index (χ3n) is 7.73. The van der Waals surface area contributed by atoms with Gasteiger partial charge >= 0.3 is 0 Å². The van der Waals surface area contributed by atoms with E-state index in [2.05, 4.69) is 70.3 Å². The Kier molecular flexibility index (Phi) is 7.41. The van der Waals surface area contributed by atoms with Crippen LogP contribution in [-0.2, 0) is 12.8 Å². The molecule has 3 aromatic rings. The molecule has 0 bridgehead atoms. The Balaban J connectivity index is 1.46.